The highest BCUT2D eigenvalue weighted by atomic mass is 16.5. The van der Waals surface area contributed by atoms with E-state index >= 15 is 0 Å². The van der Waals surface area contributed by atoms with Crippen molar-refractivity contribution < 1.29 is 24.5 Å². The summed E-state index contributed by atoms with van der Waals surface area (Å²) in [5, 5.41) is 23.4. The molecule has 0 aliphatic carbocycles. The fraction of sp³-hybridized carbons (Fsp3) is 0.908. The Bertz CT molecular complexity index is 1110. The minimum atomic E-state index is -0.673. The first-order valence-corrected chi connectivity index (χ1v) is 32.1. The van der Waals surface area contributed by atoms with Crippen LogP contribution in [0.25, 0.3) is 0 Å². The lowest BCUT2D eigenvalue weighted by Crippen LogP contribution is -2.45. The number of aliphatic hydroxyl groups excluding tert-OH is 2. The van der Waals surface area contributed by atoms with E-state index in [-0.39, 0.29) is 18.5 Å². The molecule has 3 N–H and O–H groups in total. The molecular weight excluding hydrogens is 875 g/mol. The monoisotopic (exact) mass is 1000 g/mol. The van der Waals surface area contributed by atoms with Gasteiger partial charge >= 0.3 is 5.97 Å². The van der Waals surface area contributed by atoms with Gasteiger partial charge in [-0.2, -0.15) is 0 Å². The normalized spacial score (nSPS) is 12.7. The van der Waals surface area contributed by atoms with Gasteiger partial charge in [-0.05, 0) is 57.8 Å². The molecule has 0 saturated heterocycles. The van der Waals surface area contributed by atoms with Crippen LogP contribution in [0.3, 0.4) is 0 Å². The number of amides is 1. The molecular formula is C65H125NO5. The zero-order valence-corrected chi connectivity index (χ0v) is 48.0. The van der Waals surface area contributed by atoms with Crippen molar-refractivity contribution >= 4 is 11.9 Å². The summed E-state index contributed by atoms with van der Waals surface area (Å²) >= 11 is 0. The zero-order valence-electron chi connectivity index (χ0n) is 48.0. The Morgan fingerprint density at radius 1 is 0.394 bits per heavy atom. The second-order valence-electron chi connectivity index (χ2n) is 22.1. The fourth-order valence-electron chi connectivity index (χ4n) is 10.1. The summed E-state index contributed by atoms with van der Waals surface area (Å²) < 4.78 is 5.49. The van der Waals surface area contributed by atoms with Gasteiger partial charge in [-0.15, -0.1) is 0 Å². The Morgan fingerprint density at radius 3 is 1.08 bits per heavy atom. The summed E-state index contributed by atoms with van der Waals surface area (Å²) in [4.78, 5) is 24.6. The molecule has 0 rings (SSSR count). The van der Waals surface area contributed by atoms with E-state index in [9.17, 15) is 19.8 Å². The third-order valence-corrected chi connectivity index (χ3v) is 15.0. The van der Waals surface area contributed by atoms with Crippen molar-refractivity contribution in [3.8, 4) is 0 Å². The van der Waals surface area contributed by atoms with Gasteiger partial charge in [0, 0.05) is 12.8 Å². The summed E-state index contributed by atoms with van der Waals surface area (Å²) in [5.41, 5.74) is 0. The molecule has 0 aromatic heterocycles. The average Bonchev–Trinajstić information content (AvgIpc) is 3.37. The molecule has 0 bridgehead atoms. The summed E-state index contributed by atoms with van der Waals surface area (Å²) in [5.74, 6) is -0.0505. The van der Waals surface area contributed by atoms with Crippen molar-refractivity contribution in [2.45, 2.75) is 366 Å². The largest absolute Gasteiger partial charge is 0.466 e. The van der Waals surface area contributed by atoms with Crippen molar-refractivity contribution in [2.75, 3.05) is 13.2 Å². The van der Waals surface area contributed by atoms with E-state index in [2.05, 4.69) is 43.5 Å². The smallest absolute Gasteiger partial charge is 0.305 e. The Labute approximate surface area is 443 Å². The summed E-state index contributed by atoms with van der Waals surface area (Å²) in [6.07, 6.45) is 74.7. The number of hydrogen-bond acceptors (Lipinski definition) is 5. The number of carbonyl (C=O) groups excluding carboxylic acids is 2. The third-order valence-electron chi connectivity index (χ3n) is 15.0. The van der Waals surface area contributed by atoms with Gasteiger partial charge in [0.25, 0.3) is 0 Å². The van der Waals surface area contributed by atoms with Crippen molar-refractivity contribution in [3.63, 3.8) is 0 Å². The van der Waals surface area contributed by atoms with Crippen LogP contribution in [0, 0.1) is 0 Å². The number of allylic oxidation sites excluding steroid dienone is 4. The molecule has 0 aliphatic heterocycles. The molecule has 0 saturated carbocycles. The molecule has 71 heavy (non-hydrogen) atoms. The van der Waals surface area contributed by atoms with Gasteiger partial charge in [0.15, 0.2) is 0 Å². The molecule has 2 atom stereocenters. The topological polar surface area (TPSA) is 95.9 Å². The van der Waals surface area contributed by atoms with Gasteiger partial charge < -0.3 is 20.3 Å². The van der Waals surface area contributed by atoms with Crippen LogP contribution in [-0.2, 0) is 14.3 Å². The van der Waals surface area contributed by atoms with Gasteiger partial charge in [-0.1, -0.05) is 308 Å². The predicted octanol–water partition coefficient (Wildman–Crippen LogP) is 20.2. The Hall–Kier alpha value is -1.66. The summed E-state index contributed by atoms with van der Waals surface area (Å²) in [6, 6.07) is -0.551. The van der Waals surface area contributed by atoms with Crippen LogP contribution < -0.4 is 5.32 Å². The zero-order chi connectivity index (χ0) is 51.4. The number of nitrogens with one attached hydrogen (secondary N) is 1. The maximum atomic E-state index is 12.5. The second-order valence-corrected chi connectivity index (χ2v) is 22.1. The van der Waals surface area contributed by atoms with Crippen LogP contribution in [0.5, 0.6) is 0 Å². The maximum Gasteiger partial charge on any atom is 0.305 e. The first-order chi connectivity index (χ1) is 35.0. The molecule has 2 unspecified atom stereocenters. The lowest BCUT2D eigenvalue weighted by molar-refractivity contribution is -0.143. The third kappa shape index (κ3) is 57.5. The minimum Gasteiger partial charge on any atom is -0.466 e. The fourth-order valence-corrected chi connectivity index (χ4v) is 10.1. The van der Waals surface area contributed by atoms with Crippen molar-refractivity contribution in [3.05, 3.63) is 24.3 Å². The standard InChI is InChI=1S/C65H125NO5/c1-3-5-7-9-11-13-15-17-19-21-23-24-25-26-27-29-33-37-41-45-49-53-57-63(68)62(61-67)66-64(69)58-54-50-46-42-38-34-31-32-36-40-44-48-52-56-60-71-65(70)59-55-51-47-43-39-35-30-28-22-20-18-16-14-12-10-8-6-4-2/h14,16,20,22,62-63,67-68H,3-13,15,17-19,21,23-61H2,1-2H3,(H,66,69)/b16-14-,22-20-. The number of ether oxygens (including phenoxy) is 1. The molecule has 0 spiro atoms. The van der Waals surface area contributed by atoms with Crippen LogP contribution in [-0.4, -0.2) is 47.4 Å². The highest BCUT2D eigenvalue weighted by molar-refractivity contribution is 5.76. The number of rotatable bonds is 60. The van der Waals surface area contributed by atoms with Crippen LogP contribution in [0.1, 0.15) is 354 Å². The summed E-state index contributed by atoms with van der Waals surface area (Å²) in [6.45, 7) is 4.94. The van der Waals surface area contributed by atoms with Gasteiger partial charge in [0.05, 0.1) is 25.4 Å². The number of hydrogen-bond donors (Lipinski definition) is 3. The lowest BCUT2D eigenvalue weighted by atomic mass is 10.0. The molecule has 0 aromatic rings. The highest BCUT2D eigenvalue weighted by Gasteiger charge is 2.20. The van der Waals surface area contributed by atoms with Crippen LogP contribution in [0.2, 0.25) is 0 Å². The van der Waals surface area contributed by atoms with Crippen molar-refractivity contribution in [1.82, 2.24) is 5.32 Å². The number of unbranched alkanes of at least 4 members (excludes halogenated alkanes) is 45. The van der Waals surface area contributed by atoms with E-state index in [4.69, 9.17) is 4.74 Å². The first kappa shape index (κ1) is 69.3. The second kappa shape index (κ2) is 60.9. The van der Waals surface area contributed by atoms with Crippen molar-refractivity contribution in [2.24, 2.45) is 0 Å². The van der Waals surface area contributed by atoms with Gasteiger partial charge in [-0.25, -0.2) is 0 Å². The van der Waals surface area contributed by atoms with Gasteiger partial charge in [0.1, 0.15) is 0 Å². The summed E-state index contributed by atoms with van der Waals surface area (Å²) in [7, 11) is 0. The van der Waals surface area contributed by atoms with E-state index < -0.39 is 12.1 Å². The molecule has 0 aliphatic rings. The number of aliphatic hydroxyl groups is 2. The number of esters is 1. The van der Waals surface area contributed by atoms with E-state index in [0.717, 1.165) is 57.8 Å². The quantitative estimate of drug-likeness (QED) is 0.0320. The maximum absolute atomic E-state index is 12.5. The van der Waals surface area contributed by atoms with Gasteiger partial charge in [0.2, 0.25) is 5.91 Å². The van der Waals surface area contributed by atoms with E-state index in [1.165, 1.54) is 263 Å². The lowest BCUT2D eigenvalue weighted by Gasteiger charge is -2.22. The van der Waals surface area contributed by atoms with Gasteiger partial charge in [-0.3, -0.25) is 9.59 Å². The van der Waals surface area contributed by atoms with E-state index in [0.29, 0.717) is 25.9 Å². The average molecular weight is 1000 g/mol. The molecule has 6 nitrogen and oxygen atoms in total. The molecule has 1 amide bonds. The van der Waals surface area contributed by atoms with Crippen LogP contribution >= 0.6 is 0 Å². The van der Waals surface area contributed by atoms with E-state index in [1.807, 2.05) is 0 Å². The van der Waals surface area contributed by atoms with Crippen LogP contribution in [0.15, 0.2) is 24.3 Å². The Kier molecular flexibility index (Phi) is 59.5. The Balaban J connectivity index is 3.43. The van der Waals surface area contributed by atoms with Crippen molar-refractivity contribution in [1.29, 1.82) is 0 Å². The molecule has 0 aromatic carbocycles. The first-order valence-electron chi connectivity index (χ1n) is 32.1. The SMILES string of the molecule is CCCCCC/C=C\C/C=C\CCCCCCCCCC(=O)OCCCCCCCCCCCCCCCCC(=O)NC(CO)C(O)CCCCCCCCCCCCCCCCCCCCCCCC. The minimum absolute atomic E-state index is 0.00838. The predicted molar refractivity (Wildman–Crippen MR) is 310 cm³/mol. The number of carbonyl (C=O) groups is 2. The molecule has 0 heterocycles. The molecule has 420 valence electrons. The van der Waals surface area contributed by atoms with Crippen LogP contribution in [0.4, 0.5) is 0 Å². The molecule has 0 radical (unpaired) electrons. The van der Waals surface area contributed by atoms with E-state index in [1.54, 1.807) is 0 Å². The molecule has 0 fully saturated rings. The highest BCUT2D eigenvalue weighted by Crippen LogP contribution is 2.18. The molecule has 6 heteroatoms. The Morgan fingerprint density at radius 2 is 0.704 bits per heavy atom.